The van der Waals surface area contributed by atoms with Gasteiger partial charge >= 0.3 is 11.9 Å². The topological polar surface area (TPSA) is 130 Å². The first-order chi connectivity index (χ1) is 18.3. The number of carboxylic acids is 2. The van der Waals surface area contributed by atoms with Gasteiger partial charge in [0, 0.05) is 31.3 Å². The van der Waals surface area contributed by atoms with Crippen molar-refractivity contribution in [3.8, 4) is 11.5 Å². The molecule has 1 amide bonds. The number of aldehydes is 1. The normalized spacial score (nSPS) is 14.4. The molecule has 1 aliphatic heterocycles. The summed E-state index contributed by atoms with van der Waals surface area (Å²) in [5.74, 6) is -3.80. The lowest BCUT2D eigenvalue weighted by atomic mass is 9.87. The van der Waals surface area contributed by atoms with Crippen LogP contribution < -0.4 is 9.47 Å². The fraction of sp³-hybridized carbons (Fsp3) is 0.310. The monoisotopic (exact) mass is 519 g/mol. The van der Waals surface area contributed by atoms with E-state index in [2.05, 4.69) is 0 Å². The molecule has 1 heterocycles. The van der Waals surface area contributed by atoms with Gasteiger partial charge in [0.15, 0.2) is 11.5 Å². The molecular weight excluding hydrogens is 490 g/mol. The number of benzene rings is 3. The number of rotatable bonds is 12. The van der Waals surface area contributed by atoms with Crippen molar-refractivity contribution in [1.29, 1.82) is 0 Å². The lowest BCUT2D eigenvalue weighted by Gasteiger charge is -2.35. The molecule has 3 atom stereocenters. The minimum atomic E-state index is -1.37. The van der Waals surface area contributed by atoms with Crippen molar-refractivity contribution >= 4 is 34.9 Å². The highest BCUT2D eigenvalue weighted by atomic mass is 16.7. The molecule has 3 aromatic rings. The number of nitrogens with zero attached hydrogens (tertiary/aromatic N) is 1. The summed E-state index contributed by atoms with van der Waals surface area (Å²) in [4.78, 5) is 49.8. The third kappa shape index (κ3) is 6.11. The van der Waals surface area contributed by atoms with E-state index in [1.165, 1.54) is 0 Å². The third-order valence-corrected chi connectivity index (χ3v) is 6.93. The average molecular weight is 520 g/mol. The largest absolute Gasteiger partial charge is 0.481 e. The minimum Gasteiger partial charge on any atom is -0.481 e. The zero-order valence-corrected chi connectivity index (χ0v) is 20.9. The van der Waals surface area contributed by atoms with E-state index in [-0.39, 0.29) is 19.8 Å². The van der Waals surface area contributed by atoms with E-state index in [4.69, 9.17) is 14.6 Å². The predicted octanol–water partition coefficient (Wildman–Crippen LogP) is 4.22. The second-order valence-corrected chi connectivity index (χ2v) is 9.40. The number of hydrogen-bond acceptors (Lipinski definition) is 6. The van der Waals surface area contributed by atoms with Crippen LogP contribution in [0.5, 0.6) is 11.5 Å². The summed E-state index contributed by atoms with van der Waals surface area (Å²) in [6.07, 6.45) is -0.248. The molecule has 9 nitrogen and oxygen atoms in total. The van der Waals surface area contributed by atoms with Crippen LogP contribution in [0.25, 0.3) is 10.8 Å². The van der Waals surface area contributed by atoms with E-state index in [1.807, 2.05) is 55.5 Å². The molecule has 4 rings (SSSR count). The Kier molecular flexibility index (Phi) is 8.25. The van der Waals surface area contributed by atoms with Gasteiger partial charge < -0.3 is 29.4 Å². The zero-order valence-electron chi connectivity index (χ0n) is 20.9. The number of hydrogen-bond donors (Lipinski definition) is 2. The molecule has 198 valence electrons. The van der Waals surface area contributed by atoms with Crippen molar-refractivity contribution in [3.05, 3.63) is 71.8 Å². The van der Waals surface area contributed by atoms with Crippen LogP contribution in [0.2, 0.25) is 0 Å². The maximum atomic E-state index is 13.6. The van der Waals surface area contributed by atoms with Crippen LogP contribution in [0.4, 0.5) is 0 Å². The highest BCUT2D eigenvalue weighted by Gasteiger charge is 2.33. The van der Waals surface area contributed by atoms with Gasteiger partial charge in [0.1, 0.15) is 6.29 Å². The summed E-state index contributed by atoms with van der Waals surface area (Å²) >= 11 is 0. The van der Waals surface area contributed by atoms with Crippen LogP contribution in [0.15, 0.2) is 60.7 Å². The first-order valence-electron chi connectivity index (χ1n) is 12.3. The fourth-order valence-electron chi connectivity index (χ4n) is 4.85. The lowest BCUT2D eigenvalue weighted by Crippen LogP contribution is -2.43. The molecule has 0 aromatic heterocycles. The number of aliphatic carboxylic acids is 2. The summed E-state index contributed by atoms with van der Waals surface area (Å²) < 4.78 is 10.9. The first-order valence-corrected chi connectivity index (χ1v) is 12.3. The Bertz CT molecular complexity index is 1350. The molecule has 0 bridgehead atoms. The Hall–Kier alpha value is -4.40. The molecule has 0 aliphatic carbocycles. The van der Waals surface area contributed by atoms with Crippen molar-refractivity contribution in [2.45, 2.75) is 44.7 Å². The highest BCUT2D eigenvalue weighted by Crippen LogP contribution is 2.37. The molecule has 0 saturated heterocycles. The summed E-state index contributed by atoms with van der Waals surface area (Å²) in [6.45, 7) is 2.06. The summed E-state index contributed by atoms with van der Waals surface area (Å²) in [5, 5.41) is 20.7. The third-order valence-electron chi connectivity index (χ3n) is 6.93. The van der Waals surface area contributed by atoms with Gasteiger partial charge in [-0.05, 0) is 47.0 Å². The Labute approximate surface area is 219 Å². The standard InChI is InChI=1S/C29H29NO8/c1-18(24(10-11-31)22-8-9-25-26(13-22)38-17-37-25)30(27(32)14-23(29(35)36)15-28(33)34)16-19-6-7-20-4-2-3-5-21(20)12-19/h2-9,11-13,18,23-24H,10,14-17H2,1H3,(H,33,34)(H,35,36). The minimum absolute atomic E-state index is 0.0966. The maximum Gasteiger partial charge on any atom is 0.307 e. The van der Waals surface area contributed by atoms with E-state index in [9.17, 15) is 24.3 Å². The molecule has 0 fully saturated rings. The van der Waals surface area contributed by atoms with Crippen molar-refractivity contribution in [3.63, 3.8) is 0 Å². The van der Waals surface area contributed by atoms with Crippen molar-refractivity contribution in [2.75, 3.05) is 6.79 Å². The van der Waals surface area contributed by atoms with E-state index in [0.29, 0.717) is 11.5 Å². The van der Waals surface area contributed by atoms with Crippen LogP contribution in [-0.2, 0) is 25.7 Å². The quantitative estimate of drug-likeness (QED) is 0.340. The van der Waals surface area contributed by atoms with Gasteiger partial charge in [0.25, 0.3) is 0 Å². The van der Waals surface area contributed by atoms with Gasteiger partial charge in [-0.1, -0.05) is 42.5 Å². The van der Waals surface area contributed by atoms with Gasteiger partial charge in [-0.15, -0.1) is 0 Å². The van der Waals surface area contributed by atoms with Gasteiger partial charge in [0.2, 0.25) is 12.7 Å². The summed E-state index contributed by atoms with van der Waals surface area (Å²) in [7, 11) is 0. The van der Waals surface area contributed by atoms with E-state index in [0.717, 1.165) is 28.2 Å². The number of amides is 1. The Morgan fingerprint density at radius 3 is 2.39 bits per heavy atom. The van der Waals surface area contributed by atoms with E-state index in [1.54, 1.807) is 17.0 Å². The maximum absolute atomic E-state index is 13.6. The van der Waals surface area contributed by atoms with Gasteiger partial charge in [-0.2, -0.15) is 0 Å². The molecule has 0 radical (unpaired) electrons. The first kappa shape index (κ1) is 26.7. The number of carbonyl (C=O) groups is 4. The van der Waals surface area contributed by atoms with Crippen molar-refractivity contribution in [1.82, 2.24) is 4.90 Å². The number of ether oxygens (including phenoxy) is 2. The van der Waals surface area contributed by atoms with Crippen molar-refractivity contribution < 1.29 is 38.9 Å². The van der Waals surface area contributed by atoms with Gasteiger partial charge in [0.05, 0.1) is 12.3 Å². The number of carbonyl (C=O) groups excluding carboxylic acids is 2. The van der Waals surface area contributed by atoms with E-state index < -0.39 is 48.6 Å². The Morgan fingerprint density at radius 1 is 0.947 bits per heavy atom. The van der Waals surface area contributed by atoms with E-state index >= 15 is 0 Å². The summed E-state index contributed by atoms with van der Waals surface area (Å²) in [5.41, 5.74) is 1.59. The number of carboxylic acid groups (broad SMARTS) is 2. The molecule has 0 saturated carbocycles. The van der Waals surface area contributed by atoms with Gasteiger partial charge in [-0.3, -0.25) is 14.4 Å². The number of fused-ring (bicyclic) bond motifs is 2. The molecule has 0 spiro atoms. The second-order valence-electron chi connectivity index (χ2n) is 9.40. The zero-order chi connectivity index (χ0) is 27.2. The molecular formula is C29H29NO8. The summed E-state index contributed by atoms with van der Waals surface area (Å²) in [6, 6.07) is 18.4. The molecule has 38 heavy (non-hydrogen) atoms. The van der Waals surface area contributed by atoms with Crippen LogP contribution in [0.3, 0.4) is 0 Å². The van der Waals surface area contributed by atoms with Crippen LogP contribution in [-0.4, -0.2) is 52.1 Å². The Morgan fingerprint density at radius 2 is 1.68 bits per heavy atom. The van der Waals surface area contributed by atoms with Gasteiger partial charge in [-0.25, -0.2) is 0 Å². The molecule has 1 aliphatic rings. The van der Waals surface area contributed by atoms with Crippen molar-refractivity contribution in [2.24, 2.45) is 5.92 Å². The van der Waals surface area contributed by atoms with Crippen LogP contribution in [0.1, 0.15) is 43.2 Å². The average Bonchev–Trinajstić information content (AvgIpc) is 3.37. The molecule has 3 unspecified atom stereocenters. The Balaban J connectivity index is 1.68. The molecule has 3 aromatic carbocycles. The SMILES string of the molecule is CC(C(CC=O)c1ccc2c(c1)OCO2)N(Cc1ccc2ccccc2c1)C(=O)CC(CC(=O)O)C(=O)O. The molecule has 9 heteroatoms. The highest BCUT2D eigenvalue weighted by molar-refractivity contribution is 5.86. The van der Waals surface area contributed by atoms with Crippen LogP contribution in [0, 0.1) is 5.92 Å². The van der Waals surface area contributed by atoms with Crippen LogP contribution >= 0.6 is 0 Å². The lowest BCUT2D eigenvalue weighted by molar-refractivity contribution is -0.151. The second kappa shape index (κ2) is 11.8. The fourth-order valence-corrected chi connectivity index (χ4v) is 4.85. The predicted molar refractivity (Wildman–Crippen MR) is 138 cm³/mol. The smallest absolute Gasteiger partial charge is 0.307 e. The molecule has 2 N–H and O–H groups in total.